The minimum absolute atomic E-state index is 0.688. The maximum atomic E-state index is 5.11. The first-order valence-electron chi connectivity index (χ1n) is 11.3. The maximum absolute atomic E-state index is 5.11. The van der Waals surface area contributed by atoms with Crippen molar-refractivity contribution in [2.24, 2.45) is 4.99 Å². The van der Waals surface area contributed by atoms with Gasteiger partial charge in [-0.2, -0.15) is 0 Å². The lowest BCUT2D eigenvalue weighted by atomic mass is 10.1. The van der Waals surface area contributed by atoms with Crippen LogP contribution >= 0.6 is 0 Å². The molecule has 7 nitrogen and oxygen atoms in total. The summed E-state index contributed by atoms with van der Waals surface area (Å²) < 4.78 is 5.11. The summed E-state index contributed by atoms with van der Waals surface area (Å²) in [6.45, 7) is 13.0. The molecule has 1 aromatic rings. The van der Waals surface area contributed by atoms with Crippen LogP contribution in [0.1, 0.15) is 24.5 Å². The number of hydrogen-bond donors (Lipinski definition) is 2. The first kappa shape index (κ1) is 24.6. The third-order valence-electron chi connectivity index (χ3n) is 5.46. The summed E-state index contributed by atoms with van der Waals surface area (Å²) in [4.78, 5) is 12.0. The van der Waals surface area contributed by atoms with E-state index in [4.69, 9.17) is 9.73 Å². The zero-order valence-corrected chi connectivity index (χ0v) is 19.5. The number of aliphatic imine (C=N–C) groups is 1. The number of piperazine rings is 1. The molecule has 2 N–H and O–H groups in total. The van der Waals surface area contributed by atoms with Crippen molar-refractivity contribution in [2.45, 2.75) is 26.4 Å². The van der Waals surface area contributed by atoms with Crippen molar-refractivity contribution in [1.29, 1.82) is 0 Å². The number of ether oxygens (including phenoxy) is 1. The van der Waals surface area contributed by atoms with Crippen molar-refractivity contribution < 1.29 is 4.74 Å². The van der Waals surface area contributed by atoms with Crippen molar-refractivity contribution in [2.75, 3.05) is 80.2 Å². The molecule has 0 aliphatic carbocycles. The molecule has 1 fully saturated rings. The summed E-state index contributed by atoms with van der Waals surface area (Å²) in [5.74, 6) is 0.879. The van der Waals surface area contributed by atoms with Gasteiger partial charge in [0.05, 0.1) is 6.54 Å². The molecule has 0 saturated carbocycles. The molecule has 0 amide bonds. The van der Waals surface area contributed by atoms with E-state index in [2.05, 4.69) is 70.6 Å². The Kier molecular flexibility index (Phi) is 11.8. The molecule has 0 spiro atoms. The van der Waals surface area contributed by atoms with Crippen LogP contribution in [0.15, 0.2) is 29.3 Å². The number of guanidine groups is 1. The average molecular weight is 419 g/mol. The number of hydrogen-bond acceptors (Lipinski definition) is 5. The lowest BCUT2D eigenvalue weighted by Gasteiger charge is -2.32. The largest absolute Gasteiger partial charge is 0.385 e. The van der Waals surface area contributed by atoms with Crippen LogP contribution in [-0.2, 0) is 17.8 Å². The summed E-state index contributed by atoms with van der Waals surface area (Å²) in [6, 6.07) is 8.92. The smallest absolute Gasteiger partial charge is 0.191 e. The van der Waals surface area contributed by atoms with Crippen molar-refractivity contribution in [3.8, 4) is 0 Å². The minimum Gasteiger partial charge on any atom is -0.385 e. The van der Waals surface area contributed by atoms with Gasteiger partial charge < -0.3 is 25.2 Å². The van der Waals surface area contributed by atoms with Gasteiger partial charge in [-0.25, -0.2) is 4.99 Å². The number of rotatable bonds is 12. The van der Waals surface area contributed by atoms with E-state index >= 15 is 0 Å². The average Bonchev–Trinajstić information content (AvgIpc) is 2.75. The normalized spacial score (nSPS) is 16.2. The highest BCUT2D eigenvalue weighted by Crippen LogP contribution is 2.10. The van der Waals surface area contributed by atoms with Gasteiger partial charge in [0.1, 0.15) is 0 Å². The number of nitrogens with zero attached hydrogens (tertiary/aromatic N) is 4. The van der Waals surface area contributed by atoms with Crippen molar-refractivity contribution in [3.05, 3.63) is 35.4 Å². The second-order valence-electron chi connectivity index (χ2n) is 8.17. The molecule has 0 radical (unpaired) electrons. The molecule has 1 saturated heterocycles. The molecular weight excluding hydrogens is 376 g/mol. The topological polar surface area (TPSA) is 55.4 Å². The summed E-state index contributed by atoms with van der Waals surface area (Å²) >= 11 is 0. The molecule has 1 aromatic carbocycles. The third kappa shape index (κ3) is 9.89. The zero-order chi connectivity index (χ0) is 21.6. The minimum atomic E-state index is 0.688. The Hall–Kier alpha value is -1.67. The van der Waals surface area contributed by atoms with Crippen LogP contribution in [0.3, 0.4) is 0 Å². The summed E-state index contributed by atoms with van der Waals surface area (Å²) in [6.07, 6.45) is 1.06. The quantitative estimate of drug-likeness (QED) is 0.305. The van der Waals surface area contributed by atoms with Crippen LogP contribution in [0.2, 0.25) is 0 Å². The molecule has 0 atom stereocenters. The van der Waals surface area contributed by atoms with Gasteiger partial charge >= 0.3 is 0 Å². The number of benzene rings is 1. The van der Waals surface area contributed by atoms with Crippen molar-refractivity contribution in [3.63, 3.8) is 0 Å². The Bertz CT molecular complexity index is 598. The standard InChI is InChI=1S/C23H42N6O/c1-5-24-23(25-11-13-27(2)12-6-18-30-4)26-19-21-7-9-22(10-8-21)20-29-16-14-28(3)15-17-29/h7-10H,5-6,11-20H2,1-4H3,(H2,24,25,26). The van der Waals surface area contributed by atoms with E-state index in [1.165, 1.54) is 11.1 Å². The van der Waals surface area contributed by atoms with E-state index in [1.54, 1.807) is 7.11 Å². The SMILES string of the molecule is CCNC(=NCc1ccc(CN2CCN(C)CC2)cc1)NCCN(C)CCCOC. The van der Waals surface area contributed by atoms with Gasteiger partial charge in [-0.05, 0) is 38.6 Å². The van der Waals surface area contributed by atoms with Crippen LogP contribution in [-0.4, -0.2) is 101 Å². The molecule has 1 aliphatic rings. The molecule has 0 bridgehead atoms. The van der Waals surface area contributed by atoms with Gasteiger partial charge in [0.2, 0.25) is 0 Å². The molecule has 0 aromatic heterocycles. The number of likely N-dealkylation sites (N-methyl/N-ethyl adjacent to an activating group) is 2. The predicted molar refractivity (Wildman–Crippen MR) is 126 cm³/mol. The highest BCUT2D eigenvalue weighted by atomic mass is 16.5. The summed E-state index contributed by atoms with van der Waals surface area (Å²) in [5.41, 5.74) is 2.62. The predicted octanol–water partition coefficient (Wildman–Crippen LogP) is 1.46. The van der Waals surface area contributed by atoms with E-state index in [9.17, 15) is 0 Å². The van der Waals surface area contributed by atoms with Crippen molar-refractivity contribution in [1.82, 2.24) is 25.3 Å². The first-order valence-corrected chi connectivity index (χ1v) is 11.3. The van der Waals surface area contributed by atoms with Gasteiger partial charge in [0.25, 0.3) is 0 Å². The number of nitrogens with one attached hydrogen (secondary N) is 2. The Morgan fingerprint density at radius 3 is 2.43 bits per heavy atom. The van der Waals surface area contributed by atoms with Crippen molar-refractivity contribution >= 4 is 5.96 Å². The van der Waals surface area contributed by atoms with Gasteiger partial charge in [-0.3, -0.25) is 4.90 Å². The second kappa shape index (κ2) is 14.4. The van der Waals surface area contributed by atoms with Crippen LogP contribution in [0.5, 0.6) is 0 Å². The third-order valence-corrected chi connectivity index (χ3v) is 5.46. The fraction of sp³-hybridized carbons (Fsp3) is 0.696. The second-order valence-corrected chi connectivity index (χ2v) is 8.17. The van der Waals surface area contributed by atoms with Crippen LogP contribution < -0.4 is 10.6 Å². The zero-order valence-electron chi connectivity index (χ0n) is 19.5. The molecule has 1 aliphatic heterocycles. The monoisotopic (exact) mass is 418 g/mol. The first-order chi connectivity index (χ1) is 14.6. The lowest BCUT2D eigenvalue weighted by molar-refractivity contribution is 0.148. The lowest BCUT2D eigenvalue weighted by Crippen LogP contribution is -2.43. The summed E-state index contributed by atoms with van der Waals surface area (Å²) in [7, 11) is 6.09. The van der Waals surface area contributed by atoms with Gasteiger partial charge in [-0.1, -0.05) is 24.3 Å². The Morgan fingerprint density at radius 1 is 1.07 bits per heavy atom. The molecule has 170 valence electrons. The fourth-order valence-corrected chi connectivity index (χ4v) is 3.48. The molecular formula is C23H42N6O. The molecule has 7 heteroatoms. The highest BCUT2D eigenvalue weighted by Gasteiger charge is 2.13. The Morgan fingerprint density at radius 2 is 1.77 bits per heavy atom. The van der Waals surface area contributed by atoms with E-state index in [0.29, 0.717) is 6.54 Å². The fourth-order valence-electron chi connectivity index (χ4n) is 3.48. The Balaban J connectivity index is 1.75. The van der Waals surface area contributed by atoms with Crippen LogP contribution in [0, 0.1) is 0 Å². The summed E-state index contributed by atoms with van der Waals surface area (Å²) in [5, 5.41) is 6.77. The van der Waals surface area contributed by atoms with Gasteiger partial charge in [-0.15, -0.1) is 0 Å². The van der Waals surface area contributed by atoms with Gasteiger partial charge in [0.15, 0.2) is 5.96 Å². The molecule has 30 heavy (non-hydrogen) atoms. The van der Waals surface area contributed by atoms with E-state index in [1.807, 2.05) is 0 Å². The van der Waals surface area contributed by atoms with Gasteiger partial charge in [0, 0.05) is 72.6 Å². The Labute approximate surface area is 183 Å². The number of methoxy groups -OCH3 is 1. The molecule has 0 unspecified atom stereocenters. The van der Waals surface area contributed by atoms with E-state index < -0.39 is 0 Å². The van der Waals surface area contributed by atoms with E-state index in [0.717, 1.165) is 77.9 Å². The molecule has 2 rings (SSSR count). The van der Waals surface area contributed by atoms with Crippen LogP contribution in [0.25, 0.3) is 0 Å². The van der Waals surface area contributed by atoms with Crippen LogP contribution in [0.4, 0.5) is 0 Å². The molecule has 1 heterocycles. The van der Waals surface area contributed by atoms with E-state index in [-0.39, 0.29) is 0 Å². The maximum Gasteiger partial charge on any atom is 0.191 e. The highest BCUT2D eigenvalue weighted by molar-refractivity contribution is 5.79.